The second kappa shape index (κ2) is 5.63. The third-order valence-electron chi connectivity index (χ3n) is 3.93. The summed E-state index contributed by atoms with van der Waals surface area (Å²) in [6.07, 6.45) is -0.608. The average Bonchev–Trinajstić information content (AvgIpc) is 2.50. The summed E-state index contributed by atoms with van der Waals surface area (Å²) >= 11 is 3.58. The van der Waals surface area contributed by atoms with Crippen molar-refractivity contribution in [1.29, 1.82) is 0 Å². The highest BCUT2D eigenvalue weighted by molar-refractivity contribution is 9.10. The van der Waals surface area contributed by atoms with Crippen molar-refractivity contribution < 1.29 is 5.11 Å². The average molecular weight is 341 g/mol. The van der Waals surface area contributed by atoms with Crippen LogP contribution in [-0.4, -0.2) is 5.11 Å². The predicted molar refractivity (Wildman–Crippen MR) is 91.6 cm³/mol. The molecule has 0 saturated carbocycles. The molecule has 21 heavy (non-hydrogen) atoms. The lowest BCUT2D eigenvalue weighted by Crippen LogP contribution is -2.03. The minimum Gasteiger partial charge on any atom is -0.384 e. The van der Waals surface area contributed by atoms with E-state index in [9.17, 15) is 5.11 Å². The van der Waals surface area contributed by atoms with Gasteiger partial charge >= 0.3 is 0 Å². The van der Waals surface area contributed by atoms with Crippen molar-refractivity contribution in [3.63, 3.8) is 0 Å². The maximum atomic E-state index is 10.9. The first-order valence-corrected chi connectivity index (χ1v) is 7.79. The van der Waals surface area contributed by atoms with Crippen LogP contribution in [0.15, 0.2) is 59.1 Å². The molecule has 0 aliphatic rings. The Labute approximate surface area is 133 Å². The van der Waals surface area contributed by atoms with E-state index < -0.39 is 6.10 Å². The summed E-state index contributed by atoms with van der Waals surface area (Å²) in [6.45, 7) is 4.09. The van der Waals surface area contributed by atoms with E-state index in [-0.39, 0.29) is 0 Å². The topological polar surface area (TPSA) is 20.2 Å². The Bertz CT molecular complexity index is 808. The normalized spacial score (nSPS) is 12.6. The summed E-state index contributed by atoms with van der Waals surface area (Å²) in [4.78, 5) is 0. The largest absolute Gasteiger partial charge is 0.384 e. The highest BCUT2D eigenvalue weighted by Gasteiger charge is 2.16. The third kappa shape index (κ3) is 2.61. The fraction of sp³-hybridized carbons (Fsp3) is 0.158. The Hall–Kier alpha value is -1.64. The van der Waals surface area contributed by atoms with Crippen LogP contribution in [0.5, 0.6) is 0 Å². The Morgan fingerprint density at radius 1 is 0.857 bits per heavy atom. The van der Waals surface area contributed by atoms with Gasteiger partial charge in [-0.15, -0.1) is 0 Å². The summed E-state index contributed by atoms with van der Waals surface area (Å²) < 4.78 is 1.05. The molecule has 0 spiro atoms. The summed E-state index contributed by atoms with van der Waals surface area (Å²) in [5.74, 6) is 0. The van der Waals surface area contributed by atoms with Crippen LogP contribution in [-0.2, 0) is 0 Å². The Kier molecular flexibility index (Phi) is 3.83. The van der Waals surface area contributed by atoms with Crippen molar-refractivity contribution in [2.24, 2.45) is 0 Å². The molecule has 1 N–H and O–H groups in total. The van der Waals surface area contributed by atoms with Gasteiger partial charge in [0, 0.05) is 4.47 Å². The zero-order valence-electron chi connectivity index (χ0n) is 12.1. The van der Waals surface area contributed by atoms with Gasteiger partial charge in [-0.25, -0.2) is 0 Å². The molecular formula is C19H17BrO. The van der Waals surface area contributed by atoms with Crippen LogP contribution in [0.3, 0.4) is 0 Å². The first kappa shape index (κ1) is 14.3. The molecule has 0 aromatic heterocycles. The Morgan fingerprint density at radius 3 is 2.33 bits per heavy atom. The number of aryl methyl sites for hydroxylation is 2. The molecule has 3 aromatic rings. The van der Waals surface area contributed by atoms with E-state index in [1.165, 1.54) is 0 Å². The van der Waals surface area contributed by atoms with Gasteiger partial charge in [-0.3, -0.25) is 0 Å². The van der Waals surface area contributed by atoms with Crippen LogP contribution in [0.2, 0.25) is 0 Å². The number of fused-ring (bicyclic) bond motifs is 1. The zero-order valence-corrected chi connectivity index (χ0v) is 13.7. The van der Waals surface area contributed by atoms with E-state index in [1.54, 1.807) is 0 Å². The smallest absolute Gasteiger partial charge is 0.105 e. The molecule has 0 amide bonds. The number of hydrogen-bond acceptors (Lipinski definition) is 1. The van der Waals surface area contributed by atoms with Gasteiger partial charge in [-0.1, -0.05) is 70.0 Å². The van der Waals surface area contributed by atoms with E-state index in [4.69, 9.17) is 0 Å². The lowest BCUT2D eigenvalue weighted by molar-refractivity contribution is 0.221. The minimum atomic E-state index is -0.608. The molecule has 0 fully saturated rings. The minimum absolute atomic E-state index is 0.608. The van der Waals surface area contributed by atoms with Gasteiger partial charge in [0.25, 0.3) is 0 Å². The summed E-state index contributed by atoms with van der Waals surface area (Å²) in [7, 11) is 0. The van der Waals surface area contributed by atoms with Crippen LogP contribution >= 0.6 is 15.9 Å². The number of benzene rings is 3. The van der Waals surface area contributed by atoms with E-state index in [0.29, 0.717) is 0 Å². The third-order valence-corrected chi connectivity index (χ3v) is 4.62. The van der Waals surface area contributed by atoms with Crippen molar-refractivity contribution in [1.82, 2.24) is 0 Å². The number of aliphatic hydroxyl groups is 1. The highest BCUT2D eigenvalue weighted by Crippen LogP contribution is 2.34. The molecule has 3 rings (SSSR count). The van der Waals surface area contributed by atoms with E-state index in [0.717, 1.165) is 37.5 Å². The molecule has 0 heterocycles. The molecule has 1 unspecified atom stereocenters. The Balaban J connectivity index is 2.20. The molecule has 3 aromatic carbocycles. The predicted octanol–water partition coefficient (Wildman–Crippen LogP) is 5.30. The van der Waals surface area contributed by atoms with Gasteiger partial charge in [-0.05, 0) is 47.4 Å². The van der Waals surface area contributed by atoms with Gasteiger partial charge in [-0.2, -0.15) is 0 Å². The summed E-state index contributed by atoms with van der Waals surface area (Å²) in [6, 6.07) is 18.4. The van der Waals surface area contributed by atoms with Gasteiger partial charge in [0.05, 0.1) is 0 Å². The lowest BCUT2D eigenvalue weighted by Gasteiger charge is -2.17. The molecular weight excluding hydrogens is 324 g/mol. The molecule has 2 heteroatoms. The summed E-state index contributed by atoms with van der Waals surface area (Å²) in [5.41, 5.74) is 4.20. The maximum Gasteiger partial charge on any atom is 0.105 e. The number of halogens is 1. The highest BCUT2D eigenvalue weighted by atomic mass is 79.9. The zero-order chi connectivity index (χ0) is 15.0. The number of aliphatic hydroxyl groups excluding tert-OH is 1. The molecule has 0 aliphatic carbocycles. The van der Waals surface area contributed by atoms with Crippen molar-refractivity contribution in [3.05, 3.63) is 81.3 Å². The van der Waals surface area contributed by atoms with Crippen LogP contribution in [0.25, 0.3) is 10.8 Å². The van der Waals surface area contributed by atoms with Crippen LogP contribution in [0, 0.1) is 13.8 Å². The monoisotopic (exact) mass is 340 g/mol. The van der Waals surface area contributed by atoms with Gasteiger partial charge in [0.1, 0.15) is 6.10 Å². The SMILES string of the molecule is Cc1ccc(C)c(C(O)c2ccc(Br)c3ccccc23)c1. The molecule has 0 radical (unpaired) electrons. The maximum absolute atomic E-state index is 10.9. The van der Waals surface area contributed by atoms with Crippen molar-refractivity contribution in [3.8, 4) is 0 Å². The number of rotatable bonds is 2. The fourth-order valence-electron chi connectivity index (χ4n) is 2.75. The van der Waals surface area contributed by atoms with Crippen molar-refractivity contribution >= 4 is 26.7 Å². The fourth-order valence-corrected chi connectivity index (χ4v) is 3.22. The van der Waals surface area contributed by atoms with E-state index >= 15 is 0 Å². The first-order chi connectivity index (χ1) is 10.1. The Morgan fingerprint density at radius 2 is 1.57 bits per heavy atom. The van der Waals surface area contributed by atoms with Crippen LogP contribution < -0.4 is 0 Å². The molecule has 1 atom stereocenters. The summed E-state index contributed by atoms with van der Waals surface area (Å²) in [5, 5.41) is 13.1. The van der Waals surface area contributed by atoms with Crippen LogP contribution in [0.1, 0.15) is 28.4 Å². The molecule has 0 aliphatic heterocycles. The van der Waals surface area contributed by atoms with Gasteiger partial charge < -0.3 is 5.11 Å². The standard InChI is InChI=1S/C19H17BrO/c1-12-7-8-13(2)17(11-12)19(21)16-9-10-18(20)15-6-4-3-5-14(15)16/h3-11,19,21H,1-2H3. The second-order valence-corrected chi connectivity index (χ2v) is 6.30. The van der Waals surface area contributed by atoms with E-state index in [1.807, 2.05) is 31.2 Å². The second-order valence-electron chi connectivity index (χ2n) is 5.44. The van der Waals surface area contributed by atoms with Gasteiger partial charge in [0.15, 0.2) is 0 Å². The molecule has 0 saturated heterocycles. The van der Waals surface area contributed by atoms with Gasteiger partial charge in [0.2, 0.25) is 0 Å². The van der Waals surface area contributed by atoms with Crippen molar-refractivity contribution in [2.45, 2.75) is 20.0 Å². The molecule has 1 nitrogen and oxygen atoms in total. The quantitative estimate of drug-likeness (QED) is 0.670. The molecule has 106 valence electrons. The number of hydrogen-bond donors (Lipinski definition) is 1. The van der Waals surface area contributed by atoms with E-state index in [2.05, 4.69) is 53.2 Å². The first-order valence-electron chi connectivity index (χ1n) is 7.00. The van der Waals surface area contributed by atoms with Crippen LogP contribution in [0.4, 0.5) is 0 Å². The lowest BCUT2D eigenvalue weighted by atomic mass is 9.92. The van der Waals surface area contributed by atoms with Crippen molar-refractivity contribution in [2.75, 3.05) is 0 Å². The molecule has 0 bridgehead atoms.